The predicted molar refractivity (Wildman–Crippen MR) is 43.0 cm³/mol. The van der Waals surface area contributed by atoms with E-state index >= 15 is 0 Å². The van der Waals surface area contributed by atoms with Gasteiger partial charge in [-0.1, -0.05) is 11.6 Å². The Labute approximate surface area is 73.8 Å². The Bertz CT molecular complexity index is 353. The first-order chi connectivity index (χ1) is 5.86. The Balaban J connectivity index is 2.43. The number of hydrogen-bond acceptors (Lipinski definition) is 3. The maximum atomic E-state index is 5.70. The molecule has 0 aliphatic heterocycles. The normalized spacial score (nSPS) is 10.1. The van der Waals surface area contributed by atoms with E-state index in [1.165, 1.54) is 4.80 Å². The minimum absolute atomic E-state index is 0.683. The van der Waals surface area contributed by atoms with Crippen molar-refractivity contribution >= 4 is 11.6 Å². The molecule has 0 spiro atoms. The highest BCUT2D eigenvalue weighted by Gasteiger charge is 1.96. The fourth-order valence-corrected chi connectivity index (χ4v) is 0.955. The molecule has 0 bridgehead atoms. The third-order valence-corrected chi connectivity index (χ3v) is 1.62. The first kappa shape index (κ1) is 7.24. The van der Waals surface area contributed by atoms with Crippen molar-refractivity contribution in [3.05, 3.63) is 35.6 Å². The molecular weight excluding hydrogens is 176 g/mol. The molecule has 1 heterocycles. The second-order valence-corrected chi connectivity index (χ2v) is 2.59. The van der Waals surface area contributed by atoms with E-state index in [1.807, 2.05) is 0 Å². The smallest absolute Gasteiger partial charge is 0.130 e. The van der Waals surface area contributed by atoms with Crippen LogP contribution in [0.1, 0.15) is 0 Å². The van der Waals surface area contributed by atoms with E-state index in [2.05, 4.69) is 21.7 Å². The predicted octanol–water partition coefficient (Wildman–Crippen LogP) is 1.12. The molecule has 1 aromatic carbocycles. The van der Waals surface area contributed by atoms with Crippen LogP contribution in [-0.2, 0) is 0 Å². The summed E-state index contributed by atoms with van der Waals surface area (Å²) in [5, 5.41) is 11.6. The van der Waals surface area contributed by atoms with Gasteiger partial charge in [-0.15, -0.1) is 15.0 Å². The van der Waals surface area contributed by atoms with Gasteiger partial charge in [0.2, 0.25) is 6.33 Å². The van der Waals surface area contributed by atoms with Gasteiger partial charge >= 0.3 is 0 Å². The zero-order valence-corrected chi connectivity index (χ0v) is 6.73. The van der Waals surface area contributed by atoms with Gasteiger partial charge in [-0.25, -0.2) is 0 Å². The van der Waals surface area contributed by atoms with Crippen LogP contribution in [0, 0.1) is 6.33 Å². The first-order valence-electron chi connectivity index (χ1n) is 3.28. The summed E-state index contributed by atoms with van der Waals surface area (Å²) in [6.45, 7) is 0. The van der Waals surface area contributed by atoms with Gasteiger partial charge in [0.25, 0.3) is 0 Å². The summed E-state index contributed by atoms with van der Waals surface area (Å²) in [6, 6.07) is 7.14. The van der Waals surface area contributed by atoms with Crippen LogP contribution in [0.15, 0.2) is 24.3 Å². The molecule has 59 valence electrons. The van der Waals surface area contributed by atoms with E-state index in [1.54, 1.807) is 24.3 Å². The highest BCUT2D eigenvalue weighted by atomic mass is 35.5. The molecule has 2 aromatic rings. The molecule has 0 fully saturated rings. The van der Waals surface area contributed by atoms with Crippen molar-refractivity contribution < 1.29 is 0 Å². The van der Waals surface area contributed by atoms with Crippen LogP contribution in [0.2, 0.25) is 5.02 Å². The van der Waals surface area contributed by atoms with Crippen molar-refractivity contribution in [1.82, 2.24) is 20.2 Å². The average Bonchev–Trinajstić information content (AvgIpc) is 2.58. The van der Waals surface area contributed by atoms with E-state index in [0.717, 1.165) is 5.69 Å². The van der Waals surface area contributed by atoms with Gasteiger partial charge in [0, 0.05) is 5.02 Å². The van der Waals surface area contributed by atoms with E-state index < -0.39 is 0 Å². The van der Waals surface area contributed by atoms with E-state index in [0.29, 0.717) is 5.02 Å². The lowest BCUT2D eigenvalue weighted by atomic mass is 10.3. The van der Waals surface area contributed by atoms with Crippen LogP contribution >= 0.6 is 11.6 Å². The molecule has 0 saturated carbocycles. The van der Waals surface area contributed by atoms with Crippen LogP contribution in [0.4, 0.5) is 0 Å². The number of aromatic nitrogens is 4. The second-order valence-electron chi connectivity index (χ2n) is 2.16. The van der Waals surface area contributed by atoms with Crippen molar-refractivity contribution in [3.63, 3.8) is 0 Å². The molecule has 0 N–H and O–H groups in total. The summed E-state index contributed by atoms with van der Waals surface area (Å²) in [6.07, 6.45) is 2.36. The Morgan fingerprint density at radius 1 is 1.25 bits per heavy atom. The van der Waals surface area contributed by atoms with E-state index in [4.69, 9.17) is 11.6 Å². The summed E-state index contributed by atoms with van der Waals surface area (Å²) >= 11 is 5.70. The molecule has 0 saturated heterocycles. The Morgan fingerprint density at radius 3 is 2.58 bits per heavy atom. The van der Waals surface area contributed by atoms with Crippen molar-refractivity contribution in [1.29, 1.82) is 0 Å². The lowest BCUT2D eigenvalue weighted by Gasteiger charge is -1.96. The summed E-state index contributed by atoms with van der Waals surface area (Å²) in [7, 11) is 0. The maximum absolute atomic E-state index is 5.70. The van der Waals surface area contributed by atoms with Gasteiger partial charge in [-0.3, -0.25) is 0 Å². The standard InChI is InChI=1S/C7H4ClN4/c8-6-1-3-7(4-2-6)12-10-5-9-11-12/h1-4H. The molecule has 0 aliphatic carbocycles. The van der Waals surface area contributed by atoms with Crippen molar-refractivity contribution in [2.45, 2.75) is 0 Å². The quantitative estimate of drug-likeness (QED) is 0.659. The Hall–Kier alpha value is -1.42. The van der Waals surface area contributed by atoms with Gasteiger partial charge < -0.3 is 0 Å². The zero-order chi connectivity index (χ0) is 8.39. The monoisotopic (exact) mass is 179 g/mol. The van der Waals surface area contributed by atoms with Crippen LogP contribution in [-0.4, -0.2) is 20.2 Å². The van der Waals surface area contributed by atoms with Crippen molar-refractivity contribution in [3.8, 4) is 5.69 Å². The van der Waals surface area contributed by atoms with Crippen molar-refractivity contribution in [2.24, 2.45) is 0 Å². The van der Waals surface area contributed by atoms with Crippen molar-refractivity contribution in [2.75, 3.05) is 0 Å². The minimum Gasteiger partial charge on any atom is -0.130 e. The minimum atomic E-state index is 0.683. The third kappa shape index (κ3) is 1.29. The third-order valence-electron chi connectivity index (χ3n) is 1.37. The number of tetrazole rings is 1. The topological polar surface area (TPSA) is 43.6 Å². The molecule has 1 aromatic heterocycles. The molecule has 5 heteroatoms. The number of rotatable bonds is 1. The molecule has 0 unspecified atom stereocenters. The van der Waals surface area contributed by atoms with Crippen LogP contribution in [0.3, 0.4) is 0 Å². The van der Waals surface area contributed by atoms with E-state index in [-0.39, 0.29) is 0 Å². The number of benzene rings is 1. The summed E-state index contributed by atoms with van der Waals surface area (Å²) in [4.78, 5) is 1.37. The number of nitrogens with zero attached hydrogens (tertiary/aromatic N) is 4. The first-order valence-corrected chi connectivity index (χ1v) is 3.66. The maximum Gasteiger partial charge on any atom is 0.246 e. The number of hydrogen-bond donors (Lipinski definition) is 0. The van der Waals surface area contributed by atoms with Crippen LogP contribution in [0.25, 0.3) is 5.69 Å². The highest BCUT2D eigenvalue weighted by Crippen LogP contribution is 2.10. The molecule has 12 heavy (non-hydrogen) atoms. The van der Waals surface area contributed by atoms with Gasteiger partial charge in [-0.05, 0) is 29.5 Å². The summed E-state index contributed by atoms with van der Waals surface area (Å²) in [5.74, 6) is 0. The molecule has 0 amide bonds. The largest absolute Gasteiger partial charge is 0.246 e. The lowest BCUT2D eigenvalue weighted by Crippen LogP contribution is -1.97. The SMILES string of the molecule is Clc1ccc(-n2n[c]nn2)cc1. The van der Waals surface area contributed by atoms with Crippen LogP contribution < -0.4 is 0 Å². The molecule has 2 rings (SSSR count). The summed E-state index contributed by atoms with van der Waals surface area (Å²) < 4.78 is 0. The summed E-state index contributed by atoms with van der Waals surface area (Å²) in [5.41, 5.74) is 0.813. The number of halogens is 1. The molecule has 0 aliphatic rings. The molecule has 4 nitrogen and oxygen atoms in total. The van der Waals surface area contributed by atoms with Gasteiger partial charge in [-0.2, -0.15) is 0 Å². The van der Waals surface area contributed by atoms with Gasteiger partial charge in [0.05, 0.1) is 5.69 Å². The fourth-order valence-electron chi connectivity index (χ4n) is 0.829. The highest BCUT2D eigenvalue weighted by molar-refractivity contribution is 6.30. The molecular formula is C7H4ClN4. The van der Waals surface area contributed by atoms with Crippen LogP contribution in [0.5, 0.6) is 0 Å². The van der Waals surface area contributed by atoms with Gasteiger partial charge in [0.15, 0.2) is 0 Å². The van der Waals surface area contributed by atoms with Gasteiger partial charge in [0.1, 0.15) is 0 Å². The lowest BCUT2D eigenvalue weighted by molar-refractivity contribution is 0.719. The molecule has 1 radical (unpaired) electrons. The zero-order valence-electron chi connectivity index (χ0n) is 5.98. The Morgan fingerprint density at radius 2 is 2.00 bits per heavy atom. The second kappa shape index (κ2) is 2.91. The average molecular weight is 180 g/mol. The molecule has 0 atom stereocenters. The fraction of sp³-hybridized carbons (Fsp3) is 0. The Kier molecular flexibility index (Phi) is 1.75. The van der Waals surface area contributed by atoms with E-state index in [9.17, 15) is 0 Å².